The summed E-state index contributed by atoms with van der Waals surface area (Å²) in [5.74, 6) is -0.0678. The predicted octanol–water partition coefficient (Wildman–Crippen LogP) is 3.32. The Morgan fingerprint density at radius 3 is 2.74 bits per heavy atom. The quantitative estimate of drug-likeness (QED) is 0.904. The van der Waals surface area contributed by atoms with Gasteiger partial charge in [-0.05, 0) is 25.8 Å². The van der Waals surface area contributed by atoms with Gasteiger partial charge >= 0.3 is 6.18 Å². The largest absolute Gasteiger partial charge is 0.465 e. The lowest BCUT2D eigenvalue weighted by molar-refractivity contribution is -0.190. The monoisotopic (exact) mass is 294 g/mol. The van der Waals surface area contributed by atoms with Crippen molar-refractivity contribution in [2.75, 3.05) is 0 Å². The van der Waals surface area contributed by atoms with Gasteiger partial charge in [0.25, 0.3) is 0 Å². The molecule has 0 spiro atoms. The molecule has 0 bridgehead atoms. The smallest absolute Gasteiger partial charge is 0.425 e. The highest BCUT2D eigenvalue weighted by Crippen LogP contribution is 2.26. The van der Waals surface area contributed by atoms with Crippen molar-refractivity contribution < 1.29 is 17.9 Å². The van der Waals surface area contributed by atoms with Crippen molar-refractivity contribution in [1.82, 2.24) is 10.3 Å². The molecule has 1 aromatic heterocycles. The van der Waals surface area contributed by atoms with Gasteiger partial charge in [0.15, 0.2) is 6.10 Å². The van der Waals surface area contributed by atoms with E-state index in [1.54, 1.807) is 0 Å². The molecule has 0 radical (unpaired) electrons. The van der Waals surface area contributed by atoms with Crippen LogP contribution in [-0.4, -0.2) is 23.3 Å². The zero-order valence-electron chi connectivity index (χ0n) is 10.3. The third-order valence-electron chi connectivity index (χ3n) is 2.79. The number of nitrogens with zero attached hydrogens (tertiary/aromatic N) is 1. The van der Waals surface area contributed by atoms with Crippen molar-refractivity contribution in [3.63, 3.8) is 0 Å². The van der Waals surface area contributed by atoms with Crippen molar-refractivity contribution in [2.45, 2.75) is 44.6 Å². The Hall–Kier alpha value is -1.01. The summed E-state index contributed by atoms with van der Waals surface area (Å²) in [6, 6.07) is 3.30. The number of alkyl halides is 3. The number of aromatic nitrogens is 1. The molecule has 1 saturated carbocycles. The molecule has 0 aromatic carbocycles. The molecular weight excluding hydrogens is 281 g/mol. The normalized spacial score (nSPS) is 17.3. The Labute approximate surface area is 114 Å². The van der Waals surface area contributed by atoms with Gasteiger partial charge in [-0.15, -0.1) is 0 Å². The van der Waals surface area contributed by atoms with Crippen LogP contribution in [0.4, 0.5) is 13.2 Å². The molecule has 1 heterocycles. The average Bonchev–Trinajstić information content (AvgIpc) is 3.12. The number of hydrogen-bond acceptors (Lipinski definition) is 3. The maximum Gasteiger partial charge on any atom is 0.425 e. The summed E-state index contributed by atoms with van der Waals surface area (Å²) in [5.41, 5.74) is 0.500. The van der Waals surface area contributed by atoms with Crippen LogP contribution in [-0.2, 0) is 6.54 Å². The molecule has 7 heteroatoms. The molecule has 1 aliphatic rings. The molecule has 19 heavy (non-hydrogen) atoms. The second-order valence-electron chi connectivity index (χ2n) is 4.53. The SMILES string of the molecule is CC(Oc1ccc(Cl)c(CNC2CC2)n1)C(F)(F)F. The van der Waals surface area contributed by atoms with E-state index in [2.05, 4.69) is 10.3 Å². The van der Waals surface area contributed by atoms with Crippen LogP contribution in [0.5, 0.6) is 5.88 Å². The van der Waals surface area contributed by atoms with E-state index < -0.39 is 12.3 Å². The number of hydrogen-bond donors (Lipinski definition) is 1. The summed E-state index contributed by atoms with van der Waals surface area (Å²) >= 11 is 5.95. The zero-order valence-corrected chi connectivity index (χ0v) is 11.1. The van der Waals surface area contributed by atoms with Crippen LogP contribution in [0.1, 0.15) is 25.5 Å². The van der Waals surface area contributed by atoms with E-state index in [0.717, 1.165) is 19.8 Å². The van der Waals surface area contributed by atoms with Gasteiger partial charge in [-0.25, -0.2) is 4.98 Å². The molecule has 1 N–H and O–H groups in total. The second kappa shape index (κ2) is 5.54. The van der Waals surface area contributed by atoms with E-state index in [0.29, 0.717) is 23.3 Å². The summed E-state index contributed by atoms with van der Waals surface area (Å²) in [4.78, 5) is 4.01. The van der Waals surface area contributed by atoms with Crippen molar-refractivity contribution in [2.24, 2.45) is 0 Å². The third-order valence-corrected chi connectivity index (χ3v) is 3.13. The lowest BCUT2D eigenvalue weighted by atomic mass is 10.3. The summed E-state index contributed by atoms with van der Waals surface area (Å²) in [6.45, 7) is 1.37. The molecule has 0 saturated heterocycles. The molecule has 0 aliphatic heterocycles. The van der Waals surface area contributed by atoms with Gasteiger partial charge in [-0.1, -0.05) is 11.6 Å². The summed E-state index contributed by atoms with van der Waals surface area (Å²) in [6.07, 6.45) is -4.09. The fourth-order valence-electron chi connectivity index (χ4n) is 1.43. The van der Waals surface area contributed by atoms with E-state index in [1.165, 1.54) is 12.1 Å². The Balaban J connectivity index is 2.02. The Kier molecular flexibility index (Phi) is 4.20. The Morgan fingerprint density at radius 2 is 2.16 bits per heavy atom. The molecule has 1 fully saturated rings. The second-order valence-corrected chi connectivity index (χ2v) is 4.94. The first kappa shape index (κ1) is 14.4. The van der Waals surface area contributed by atoms with E-state index in [-0.39, 0.29) is 5.88 Å². The van der Waals surface area contributed by atoms with Crippen LogP contribution >= 0.6 is 11.6 Å². The van der Waals surface area contributed by atoms with Crippen LogP contribution in [0, 0.1) is 0 Å². The van der Waals surface area contributed by atoms with Gasteiger partial charge in [0.1, 0.15) is 0 Å². The average molecular weight is 295 g/mol. The van der Waals surface area contributed by atoms with Crippen molar-refractivity contribution in [1.29, 1.82) is 0 Å². The van der Waals surface area contributed by atoms with E-state index in [1.807, 2.05) is 0 Å². The fraction of sp³-hybridized carbons (Fsp3) is 0.583. The van der Waals surface area contributed by atoms with Crippen molar-refractivity contribution >= 4 is 11.6 Å². The number of rotatable bonds is 5. The van der Waals surface area contributed by atoms with Crippen LogP contribution in [0.2, 0.25) is 5.02 Å². The standard InChI is InChI=1S/C12H14ClF3N2O/c1-7(12(14,15)16)19-11-5-4-9(13)10(18-11)6-17-8-2-3-8/h4-5,7-8,17H,2-3,6H2,1H3. The lowest BCUT2D eigenvalue weighted by Gasteiger charge is -2.17. The summed E-state index contributed by atoms with van der Waals surface area (Å²) in [5, 5.41) is 3.62. The van der Waals surface area contributed by atoms with Crippen molar-refractivity contribution in [3.05, 3.63) is 22.8 Å². The molecule has 1 aromatic rings. The number of halogens is 4. The zero-order chi connectivity index (χ0) is 14.0. The maximum absolute atomic E-state index is 12.4. The number of pyridine rings is 1. The first-order valence-corrected chi connectivity index (χ1v) is 6.36. The van der Waals surface area contributed by atoms with Gasteiger partial charge < -0.3 is 10.1 Å². The Bertz CT molecular complexity index is 449. The molecular formula is C12H14ClF3N2O. The molecule has 1 atom stereocenters. The first-order chi connectivity index (χ1) is 8.86. The maximum atomic E-state index is 12.4. The van der Waals surface area contributed by atoms with Crippen LogP contribution in [0.25, 0.3) is 0 Å². The lowest BCUT2D eigenvalue weighted by Crippen LogP contribution is -2.31. The highest BCUT2D eigenvalue weighted by atomic mass is 35.5. The molecule has 106 valence electrons. The van der Waals surface area contributed by atoms with Crippen LogP contribution in [0.15, 0.2) is 12.1 Å². The molecule has 0 amide bonds. The minimum absolute atomic E-state index is 0.0678. The minimum Gasteiger partial charge on any atom is -0.465 e. The van der Waals surface area contributed by atoms with Gasteiger partial charge in [0.2, 0.25) is 5.88 Å². The van der Waals surface area contributed by atoms with Crippen LogP contribution in [0.3, 0.4) is 0 Å². The highest BCUT2D eigenvalue weighted by Gasteiger charge is 2.38. The van der Waals surface area contributed by atoms with E-state index in [9.17, 15) is 13.2 Å². The number of ether oxygens (including phenoxy) is 1. The van der Waals surface area contributed by atoms with E-state index in [4.69, 9.17) is 16.3 Å². The van der Waals surface area contributed by atoms with Gasteiger partial charge in [-0.3, -0.25) is 0 Å². The molecule has 3 nitrogen and oxygen atoms in total. The number of nitrogens with one attached hydrogen (secondary N) is 1. The molecule has 2 rings (SSSR count). The van der Waals surface area contributed by atoms with Crippen molar-refractivity contribution in [3.8, 4) is 5.88 Å². The van der Waals surface area contributed by atoms with Gasteiger partial charge in [0, 0.05) is 18.7 Å². The van der Waals surface area contributed by atoms with Gasteiger partial charge in [-0.2, -0.15) is 13.2 Å². The van der Waals surface area contributed by atoms with Crippen LogP contribution < -0.4 is 10.1 Å². The third kappa shape index (κ3) is 4.24. The highest BCUT2D eigenvalue weighted by molar-refractivity contribution is 6.31. The van der Waals surface area contributed by atoms with E-state index >= 15 is 0 Å². The van der Waals surface area contributed by atoms with Gasteiger partial charge in [0.05, 0.1) is 10.7 Å². The topological polar surface area (TPSA) is 34.1 Å². The Morgan fingerprint density at radius 1 is 1.47 bits per heavy atom. The molecule has 1 aliphatic carbocycles. The fourth-order valence-corrected chi connectivity index (χ4v) is 1.60. The summed E-state index contributed by atoms with van der Waals surface area (Å²) in [7, 11) is 0. The predicted molar refractivity (Wildman–Crippen MR) is 65.3 cm³/mol. The summed E-state index contributed by atoms with van der Waals surface area (Å²) < 4.78 is 41.9. The minimum atomic E-state index is -4.41. The molecule has 1 unspecified atom stereocenters. The first-order valence-electron chi connectivity index (χ1n) is 5.98.